The van der Waals surface area contributed by atoms with Crippen molar-refractivity contribution in [2.24, 2.45) is 0 Å². The Labute approximate surface area is 183 Å². The first kappa shape index (κ1) is 22.7. The molecule has 0 unspecified atom stereocenters. The molecule has 1 aliphatic heterocycles. The molecule has 0 radical (unpaired) electrons. The lowest BCUT2D eigenvalue weighted by Crippen LogP contribution is -2.44. The minimum atomic E-state index is -1.36. The summed E-state index contributed by atoms with van der Waals surface area (Å²) in [5.74, 6) is -1.50. The molecule has 168 valence electrons. The number of aromatic nitrogens is 3. The highest BCUT2D eigenvalue weighted by Gasteiger charge is 2.29. The molecule has 1 saturated heterocycles. The molecule has 1 N–H and O–H groups in total. The van der Waals surface area contributed by atoms with E-state index in [9.17, 15) is 19.5 Å². The first-order valence-electron chi connectivity index (χ1n) is 9.96. The number of aromatic carboxylic acids is 1. The highest BCUT2D eigenvalue weighted by atomic mass is 16.6. The zero-order chi connectivity index (χ0) is 23.5. The summed E-state index contributed by atoms with van der Waals surface area (Å²) in [5, 5.41) is 22.3. The number of carboxylic acids is 1. The maximum Gasteiger partial charge on any atom is 0.410 e. The summed E-state index contributed by atoms with van der Waals surface area (Å²) in [6.07, 6.45) is 1.34. The van der Waals surface area contributed by atoms with Crippen molar-refractivity contribution in [3.63, 3.8) is 0 Å². The summed E-state index contributed by atoms with van der Waals surface area (Å²) in [6.45, 7) is 6.12. The van der Waals surface area contributed by atoms with Crippen LogP contribution in [0.5, 0.6) is 5.75 Å². The largest absolute Gasteiger partial charge is 0.487 e. The SMILES string of the molecule is CC(C)(C)OC(=O)N1CCC(Oc2cc(=O)n(-c3ccc(C#N)nc3)nc2C(=O)O)CC1. The van der Waals surface area contributed by atoms with Gasteiger partial charge in [-0.3, -0.25) is 4.79 Å². The van der Waals surface area contributed by atoms with Crippen LogP contribution in [0.2, 0.25) is 0 Å². The first-order valence-corrected chi connectivity index (χ1v) is 9.96. The smallest absolute Gasteiger partial charge is 0.410 e. The standard InChI is InChI=1S/C21H23N5O6/c1-21(2,3)32-20(30)25-8-6-15(7-9-25)31-16-10-17(27)26(24-18(16)19(28)29)14-5-4-13(11-22)23-12-14/h4-5,10,12,15H,6-9H2,1-3H3,(H,28,29). The Bertz CT molecular complexity index is 1110. The number of amides is 1. The lowest BCUT2D eigenvalue weighted by Gasteiger charge is -2.33. The zero-order valence-corrected chi connectivity index (χ0v) is 17.9. The molecule has 11 nitrogen and oxygen atoms in total. The summed E-state index contributed by atoms with van der Waals surface area (Å²) in [4.78, 5) is 41.9. The van der Waals surface area contributed by atoms with E-state index in [0.29, 0.717) is 25.9 Å². The Morgan fingerprint density at radius 3 is 2.47 bits per heavy atom. The fraction of sp³-hybridized carbons (Fsp3) is 0.429. The Kier molecular flexibility index (Phi) is 6.43. The van der Waals surface area contributed by atoms with E-state index in [1.54, 1.807) is 25.7 Å². The van der Waals surface area contributed by atoms with E-state index in [4.69, 9.17) is 14.7 Å². The second-order valence-electron chi connectivity index (χ2n) is 8.21. The van der Waals surface area contributed by atoms with Gasteiger partial charge in [0.2, 0.25) is 5.69 Å². The van der Waals surface area contributed by atoms with Gasteiger partial charge in [-0.05, 0) is 32.9 Å². The number of carbonyl (C=O) groups excluding carboxylic acids is 1. The van der Waals surface area contributed by atoms with E-state index in [0.717, 1.165) is 10.7 Å². The van der Waals surface area contributed by atoms with Gasteiger partial charge in [0, 0.05) is 25.9 Å². The minimum absolute atomic E-state index is 0.143. The Hall–Kier alpha value is -3.94. The number of hydrogen-bond acceptors (Lipinski definition) is 8. The fourth-order valence-corrected chi connectivity index (χ4v) is 3.10. The topological polar surface area (TPSA) is 148 Å². The van der Waals surface area contributed by atoms with Crippen molar-refractivity contribution >= 4 is 12.1 Å². The molecule has 32 heavy (non-hydrogen) atoms. The van der Waals surface area contributed by atoms with Gasteiger partial charge in [-0.25, -0.2) is 14.6 Å². The molecule has 3 heterocycles. The summed E-state index contributed by atoms with van der Waals surface area (Å²) >= 11 is 0. The number of nitriles is 1. The number of carbonyl (C=O) groups is 2. The van der Waals surface area contributed by atoms with E-state index in [-0.39, 0.29) is 23.2 Å². The number of nitrogens with zero attached hydrogens (tertiary/aromatic N) is 5. The van der Waals surface area contributed by atoms with Crippen molar-refractivity contribution in [2.45, 2.75) is 45.3 Å². The first-order chi connectivity index (χ1) is 15.1. The van der Waals surface area contributed by atoms with Gasteiger partial charge in [-0.2, -0.15) is 15.0 Å². The Morgan fingerprint density at radius 2 is 1.94 bits per heavy atom. The maximum atomic E-state index is 12.6. The van der Waals surface area contributed by atoms with Crippen molar-refractivity contribution in [3.05, 3.63) is 46.1 Å². The minimum Gasteiger partial charge on any atom is -0.487 e. The van der Waals surface area contributed by atoms with Crippen molar-refractivity contribution in [1.82, 2.24) is 19.7 Å². The average molecular weight is 441 g/mol. The third-order valence-electron chi connectivity index (χ3n) is 4.59. The van der Waals surface area contributed by atoms with Crippen LogP contribution in [-0.2, 0) is 4.74 Å². The van der Waals surface area contributed by atoms with Gasteiger partial charge >= 0.3 is 12.1 Å². The molecule has 1 amide bonds. The molecule has 3 rings (SSSR count). The van der Waals surface area contributed by atoms with E-state index in [1.165, 1.54) is 18.3 Å². The molecular weight excluding hydrogens is 418 g/mol. The van der Waals surface area contributed by atoms with Gasteiger partial charge in [0.05, 0.1) is 18.0 Å². The molecule has 0 bridgehead atoms. The molecule has 0 aliphatic carbocycles. The molecular formula is C21H23N5O6. The highest BCUT2D eigenvalue weighted by Crippen LogP contribution is 2.22. The van der Waals surface area contributed by atoms with Gasteiger partial charge in [0.15, 0.2) is 5.75 Å². The van der Waals surface area contributed by atoms with Crippen LogP contribution in [0.4, 0.5) is 4.79 Å². The van der Waals surface area contributed by atoms with Crippen LogP contribution in [0.15, 0.2) is 29.2 Å². The van der Waals surface area contributed by atoms with Gasteiger partial charge in [0.25, 0.3) is 5.56 Å². The zero-order valence-electron chi connectivity index (χ0n) is 17.9. The van der Waals surface area contributed by atoms with Gasteiger partial charge in [0.1, 0.15) is 23.5 Å². The summed E-state index contributed by atoms with van der Waals surface area (Å²) < 4.78 is 12.0. The van der Waals surface area contributed by atoms with Crippen LogP contribution >= 0.6 is 0 Å². The molecule has 0 aromatic carbocycles. The second kappa shape index (κ2) is 9.05. The van der Waals surface area contributed by atoms with Crippen LogP contribution in [0, 0.1) is 11.3 Å². The van der Waals surface area contributed by atoms with Crippen molar-refractivity contribution in [3.8, 4) is 17.5 Å². The van der Waals surface area contributed by atoms with E-state index >= 15 is 0 Å². The summed E-state index contributed by atoms with van der Waals surface area (Å²) in [7, 11) is 0. The van der Waals surface area contributed by atoms with Crippen LogP contribution in [-0.4, -0.2) is 61.6 Å². The molecule has 0 atom stereocenters. The molecule has 1 fully saturated rings. The molecule has 1 aliphatic rings. The molecule has 2 aromatic heterocycles. The molecule has 2 aromatic rings. The normalized spacial score (nSPS) is 14.5. The number of likely N-dealkylation sites (tertiary alicyclic amines) is 1. The number of pyridine rings is 1. The van der Waals surface area contributed by atoms with Crippen molar-refractivity contribution in [2.75, 3.05) is 13.1 Å². The number of carboxylic acid groups (broad SMARTS) is 1. The van der Waals surface area contributed by atoms with Crippen LogP contribution < -0.4 is 10.3 Å². The van der Waals surface area contributed by atoms with Crippen molar-refractivity contribution in [1.29, 1.82) is 5.26 Å². The Morgan fingerprint density at radius 1 is 1.25 bits per heavy atom. The maximum absolute atomic E-state index is 12.6. The van der Waals surface area contributed by atoms with Gasteiger partial charge in [-0.1, -0.05) is 0 Å². The number of piperidine rings is 1. The number of rotatable bonds is 4. The number of hydrogen-bond donors (Lipinski definition) is 1. The van der Waals surface area contributed by atoms with E-state index in [2.05, 4.69) is 10.1 Å². The average Bonchev–Trinajstić information content (AvgIpc) is 2.73. The van der Waals surface area contributed by atoms with Crippen molar-refractivity contribution < 1.29 is 24.2 Å². The Balaban J connectivity index is 1.75. The summed E-state index contributed by atoms with van der Waals surface area (Å²) in [5.41, 5.74) is -1.26. The van der Waals surface area contributed by atoms with E-state index < -0.39 is 28.9 Å². The van der Waals surface area contributed by atoms with Crippen LogP contribution in [0.3, 0.4) is 0 Å². The fourth-order valence-electron chi connectivity index (χ4n) is 3.10. The van der Waals surface area contributed by atoms with E-state index in [1.807, 2.05) is 6.07 Å². The lowest BCUT2D eigenvalue weighted by molar-refractivity contribution is 0.0125. The molecule has 11 heteroatoms. The summed E-state index contributed by atoms with van der Waals surface area (Å²) in [6, 6.07) is 5.76. The van der Waals surface area contributed by atoms with Gasteiger partial charge < -0.3 is 19.5 Å². The van der Waals surface area contributed by atoms with Gasteiger partial charge in [-0.15, -0.1) is 0 Å². The molecule has 0 spiro atoms. The molecule has 0 saturated carbocycles. The number of ether oxygens (including phenoxy) is 2. The third kappa shape index (κ3) is 5.40. The van der Waals surface area contributed by atoms with Crippen LogP contribution in [0.25, 0.3) is 5.69 Å². The highest BCUT2D eigenvalue weighted by molar-refractivity contribution is 5.88. The predicted molar refractivity (Wildman–Crippen MR) is 111 cm³/mol. The van der Waals surface area contributed by atoms with Crippen LogP contribution in [0.1, 0.15) is 49.8 Å². The second-order valence-corrected chi connectivity index (χ2v) is 8.21. The quantitative estimate of drug-likeness (QED) is 0.752. The third-order valence-corrected chi connectivity index (χ3v) is 4.59. The predicted octanol–water partition coefficient (Wildman–Crippen LogP) is 1.98. The monoisotopic (exact) mass is 441 g/mol. The lowest BCUT2D eigenvalue weighted by atomic mass is 10.1.